The van der Waals surface area contributed by atoms with Gasteiger partial charge in [-0.15, -0.1) is 11.3 Å². The molecule has 0 unspecified atom stereocenters. The minimum atomic E-state index is -3.38. The Morgan fingerprint density at radius 2 is 2.20 bits per heavy atom. The summed E-state index contributed by atoms with van der Waals surface area (Å²) in [7, 11) is 0.144. The van der Waals surface area contributed by atoms with Gasteiger partial charge in [0.25, 0.3) is 0 Å². The maximum Gasteiger partial charge on any atom is 0.250 e. The Bertz CT molecular complexity index is 536. The number of ether oxygens (including phenoxy) is 1. The second kappa shape index (κ2) is 6.53. The van der Waals surface area contributed by atoms with Crippen LogP contribution in [-0.2, 0) is 21.3 Å². The fourth-order valence-corrected chi connectivity index (χ4v) is 4.53. The second-order valence-electron chi connectivity index (χ2n) is 5.37. The summed E-state index contributed by atoms with van der Waals surface area (Å²) in [4.78, 5) is 0. The molecule has 7 heteroatoms. The minimum Gasteiger partial charge on any atom is -0.385 e. The smallest absolute Gasteiger partial charge is 0.250 e. The molecule has 1 aliphatic rings. The maximum atomic E-state index is 12.2. The van der Waals surface area contributed by atoms with E-state index in [1.54, 1.807) is 13.2 Å². The molecule has 0 radical (unpaired) electrons. The summed E-state index contributed by atoms with van der Waals surface area (Å²) < 4.78 is 32.7. The van der Waals surface area contributed by atoms with Crippen LogP contribution >= 0.6 is 11.3 Å². The van der Waals surface area contributed by atoms with Crippen LogP contribution in [0.25, 0.3) is 0 Å². The van der Waals surface area contributed by atoms with Crippen molar-refractivity contribution in [1.82, 2.24) is 10.0 Å². The van der Waals surface area contributed by atoms with Crippen LogP contribution in [0.3, 0.4) is 0 Å². The summed E-state index contributed by atoms with van der Waals surface area (Å²) in [6.07, 6.45) is 3.07. The van der Waals surface area contributed by atoms with Crippen LogP contribution in [0.5, 0.6) is 0 Å². The topological polar surface area (TPSA) is 67.4 Å². The molecule has 1 saturated carbocycles. The lowest BCUT2D eigenvalue weighted by atomic mass is 10.0. The van der Waals surface area contributed by atoms with E-state index in [0.29, 0.717) is 23.9 Å². The van der Waals surface area contributed by atoms with Gasteiger partial charge in [0, 0.05) is 26.8 Å². The highest BCUT2D eigenvalue weighted by Gasteiger charge is 2.42. The molecule has 0 bridgehead atoms. The van der Waals surface area contributed by atoms with E-state index in [4.69, 9.17) is 4.74 Å². The molecule has 1 aliphatic carbocycles. The van der Waals surface area contributed by atoms with Crippen molar-refractivity contribution in [3.05, 3.63) is 17.0 Å². The van der Waals surface area contributed by atoms with Crippen LogP contribution in [0.15, 0.2) is 15.7 Å². The van der Waals surface area contributed by atoms with Gasteiger partial charge in [0.1, 0.15) is 4.21 Å². The van der Waals surface area contributed by atoms with E-state index in [1.807, 2.05) is 12.4 Å². The van der Waals surface area contributed by atoms with Crippen LogP contribution in [0.1, 0.15) is 24.8 Å². The maximum absolute atomic E-state index is 12.2. The minimum absolute atomic E-state index is 0.119. The highest BCUT2D eigenvalue weighted by Crippen LogP contribution is 2.48. The summed E-state index contributed by atoms with van der Waals surface area (Å²) in [6.45, 7) is 1.88. The van der Waals surface area contributed by atoms with Gasteiger partial charge in [-0.05, 0) is 48.7 Å². The average molecular weight is 318 g/mol. The van der Waals surface area contributed by atoms with Gasteiger partial charge in [-0.2, -0.15) is 0 Å². The van der Waals surface area contributed by atoms with Crippen molar-refractivity contribution in [2.45, 2.75) is 30.0 Å². The van der Waals surface area contributed by atoms with E-state index >= 15 is 0 Å². The fourth-order valence-electron chi connectivity index (χ4n) is 2.12. The molecule has 0 aliphatic heterocycles. The Morgan fingerprint density at radius 1 is 1.45 bits per heavy atom. The van der Waals surface area contributed by atoms with Gasteiger partial charge in [-0.1, -0.05) is 0 Å². The molecular weight excluding hydrogens is 296 g/mol. The van der Waals surface area contributed by atoms with Crippen molar-refractivity contribution in [3.63, 3.8) is 0 Å². The van der Waals surface area contributed by atoms with Crippen LogP contribution < -0.4 is 10.0 Å². The SMILES string of the molecule is CNCc1csc(S(=O)(=O)NCC2(CCOC)CC2)c1. The van der Waals surface area contributed by atoms with E-state index in [0.717, 1.165) is 24.8 Å². The van der Waals surface area contributed by atoms with E-state index in [-0.39, 0.29) is 5.41 Å². The van der Waals surface area contributed by atoms with Gasteiger partial charge in [-0.3, -0.25) is 0 Å². The number of rotatable bonds is 9. The summed E-state index contributed by atoms with van der Waals surface area (Å²) >= 11 is 1.27. The van der Waals surface area contributed by atoms with Crippen molar-refractivity contribution in [2.75, 3.05) is 27.3 Å². The van der Waals surface area contributed by atoms with Crippen molar-refractivity contribution >= 4 is 21.4 Å². The number of methoxy groups -OCH3 is 1. The highest BCUT2D eigenvalue weighted by atomic mass is 32.2. The first-order valence-electron chi connectivity index (χ1n) is 6.72. The molecule has 114 valence electrons. The van der Waals surface area contributed by atoms with Gasteiger partial charge >= 0.3 is 0 Å². The number of hydrogen-bond donors (Lipinski definition) is 2. The molecule has 1 heterocycles. The first kappa shape index (κ1) is 15.9. The quantitative estimate of drug-likeness (QED) is 0.725. The zero-order valence-corrected chi connectivity index (χ0v) is 13.6. The average Bonchev–Trinajstić information content (AvgIpc) is 3.04. The molecule has 1 aromatic rings. The van der Waals surface area contributed by atoms with Crippen LogP contribution in [-0.4, -0.2) is 35.7 Å². The zero-order valence-electron chi connectivity index (χ0n) is 11.9. The van der Waals surface area contributed by atoms with E-state index in [1.165, 1.54) is 11.3 Å². The molecule has 0 atom stereocenters. The van der Waals surface area contributed by atoms with Crippen molar-refractivity contribution < 1.29 is 13.2 Å². The van der Waals surface area contributed by atoms with Crippen molar-refractivity contribution in [3.8, 4) is 0 Å². The van der Waals surface area contributed by atoms with Gasteiger partial charge in [0.15, 0.2) is 0 Å². The Morgan fingerprint density at radius 3 is 2.80 bits per heavy atom. The van der Waals surface area contributed by atoms with Crippen LogP contribution in [0.2, 0.25) is 0 Å². The standard InChI is InChI=1S/C13H22N2O3S2/c1-14-8-11-7-12(19-9-11)20(16,17)15-10-13(3-4-13)5-6-18-2/h7,9,14-15H,3-6,8,10H2,1-2H3. The van der Waals surface area contributed by atoms with Crippen LogP contribution in [0, 0.1) is 5.41 Å². The summed E-state index contributed by atoms with van der Waals surface area (Å²) in [6, 6.07) is 1.73. The van der Waals surface area contributed by atoms with E-state index < -0.39 is 10.0 Å². The predicted molar refractivity (Wildman–Crippen MR) is 80.4 cm³/mol. The first-order valence-corrected chi connectivity index (χ1v) is 9.08. The van der Waals surface area contributed by atoms with Gasteiger partial charge < -0.3 is 10.1 Å². The molecule has 2 N–H and O–H groups in total. The Hall–Kier alpha value is -0.470. The number of nitrogens with one attached hydrogen (secondary N) is 2. The largest absolute Gasteiger partial charge is 0.385 e. The second-order valence-corrected chi connectivity index (χ2v) is 8.28. The lowest BCUT2D eigenvalue weighted by Gasteiger charge is -2.15. The molecule has 1 aromatic heterocycles. The number of thiophene rings is 1. The Labute approximate surface area is 124 Å². The first-order chi connectivity index (χ1) is 9.51. The predicted octanol–water partition coefficient (Wildman–Crippen LogP) is 1.56. The van der Waals surface area contributed by atoms with E-state index in [9.17, 15) is 8.42 Å². The highest BCUT2D eigenvalue weighted by molar-refractivity contribution is 7.91. The Kier molecular flexibility index (Phi) is 5.19. The van der Waals surface area contributed by atoms with E-state index in [2.05, 4.69) is 10.0 Å². The number of sulfonamides is 1. The summed E-state index contributed by atoms with van der Waals surface area (Å²) in [5.74, 6) is 0. The van der Waals surface area contributed by atoms with Gasteiger partial charge in [0.2, 0.25) is 10.0 Å². The van der Waals surface area contributed by atoms with Crippen molar-refractivity contribution in [1.29, 1.82) is 0 Å². The van der Waals surface area contributed by atoms with Gasteiger partial charge in [-0.25, -0.2) is 13.1 Å². The molecule has 0 amide bonds. The molecule has 0 saturated heterocycles. The Balaban J connectivity index is 1.93. The number of hydrogen-bond acceptors (Lipinski definition) is 5. The molecule has 0 spiro atoms. The normalized spacial score (nSPS) is 17.3. The van der Waals surface area contributed by atoms with Crippen molar-refractivity contribution in [2.24, 2.45) is 5.41 Å². The summed E-state index contributed by atoms with van der Waals surface area (Å²) in [5, 5.41) is 4.89. The fraction of sp³-hybridized carbons (Fsp3) is 0.692. The molecule has 20 heavy (non-hydrogen) atoms. The lowest BCUT2D eigenvalue weighted by molar-refractivity contribution is 0.173. The third-order valence-corrected chi connectivity index (χ3v) is 6.60. The van der Waals surface area contributed by atoms with Crippen LogP contribution in [0.4, 0.5) is 0 Å². The monoisotopic (exact) mass is 318 g/mol. The molecule has 2 rings (SSSR count). The van der Waals surface area contributed by atoms with Gasteiger partial charge in [0.05, 0.1) is 0 Å². The zero-order chi connectivity index (χ0) is 14.6. The third-order valence-electron chi connectivity index (χ3n) is 3.71. The molecular formula is C13H22N2O3S2. The molecule has 5 nitrogen and oxygen atoms in total. The summed E-state index contributed by atoms with van der Waals surface area (Å²) in [5.41, 5.74) is 1.12. The molecule has 0 aromatic carbocycles. The lowest BCUT2D eigenvalue weighted by Crippen LogP contribution is -2.30. The molecule has 1 fully saturated rings. The third kappa shape index (κ3) is 4.02.